The molecule has 20 heavy (non-hydrogen) atoms. The van der Waals surface area contributed by atoms with Crippen LogP contribution in [0.25, 0.3) is 0 Å². The Morgan fingerprint density at radius 1 is 1.15 bits per heavy atom. The molecule has 2 aromatic rings. The van der Waals surface area contributed by atoms with Crippen molar-refractivity contribution in [2.24, 2.45) is 0 Å². The maximum Gasteiger partial charge on any atom is 0.143 e. The molecule has 0 amide bonds. The van der Waals surface area contributed by atoms with Gasteiger partial charge in [0.2, 0.25) is 0 Å². The molecule has 3 nitrogen and oxygen atoms in total. The van der Waals surface area contributed by atoms with Gasteiger partial charge in [-0.25, -0.2) is 0 Å². The molecular weight excluding hydrogens is 248 g/mol. The molecule has 0 aliphatic rings. The van der Waals surface area contributed by atoms with E-state index in [1.54, 1.807) is 13.2 Å². The van der Waals surface area contributed by atoms with Crippen LogP contribution in [0.1, 0.15) is 18.1 Å². The predicted molar refractivity (Wildman–Crippen MR) is 80.9 cm³/mol. The average Bonchev–Trinajstić information content (AvgIpc) is 2.48. The molecule has 0 saturated carbocycles. The van der Waals surface area contributed by atoms with Crippen molar-refractivity contribution in [3.05, 3.63) is 59.7 Å². The molecule has 0 aliphatic carbocycles. The molecule has 0 aromatic heterocycles. The smallest absolute Gasteiger partial charge is 0.143 e. The number of ether oxygens (including phenoxy) is 1. The highest BCUT2D eigenvalue weighted by Crippen LogP contribution is 2.28. The van der Waals surface area contributed by atoms with Gasteiger partial charge >= 0.3 is 0 Å². The van der Waals surface area contributed by atoms with Crippen molar-refractivity contribution in [3.8, 4) is 11.8 Å². The van der Waals surface area contributed by atoms with Gasteiger partial charge in [0.25, 0.3) is 0 Å². The summed E-state index contributed by atoms with van der Waals surface area (Å²) < 4.78 is 5.33. The van der Waals surface area contributed by atoms with Crippen LogP contribution < -0.4 is 10.1 Å². The van der Waals surface area contributed by atoms with Crippen LogP contribution in [0, 0.1) is 11.3 Å². The summed E-state index contributed by atoms with van der Waals surface area (Å²) in [5.41, 5.74) is 2.63. The second-order valence-electron chi connectivity index (χ2n) is 4.73. The van der Waals surface area contributed by atoms with Crippen molar-refractivity contribution >= 4 is 5.69 Å². The lowest BCUT2D eigenvalue weighted by Gasteiger charge is -2.18. The van der Waals surface area contributed by atoms with E-state index < -0.39 is 0 Å². The zero-order valence-corrected chi connectivity index (χ0v) is 11.8. The summed E-state index contributed by atoms with van der Waals surface area (Å²) >= 11 is 0. The minimum Gasteiger partial charge on any atom is -0.495 e. The Hall–Kier alpha value is -2.47. The van der Waals surface area contributed by atoms with E-state index in [0.29, 0.717) is 11.3 Å². The van der Waals surface area contributed by atoms with Crippen LogP contribution in [0.5, 0.6) is 5.75 Å². The van der Waals surface area contributed by atoms with Gasteiger partial charge in [-0.1, -0.05) is 36.4 Å². The van der Waals surface area contributed by atoms with Gasteiger partial charge in [0.1, 0.15) is 11.8 Å². The quantitative estimate of drug-likeness (QED) is 0.899. The van der Waals surface area contributed by atoms with Gasteiger partial charge in [-0.05, 0) is 31.0 Å². The van der Waals surface area contributed by atoms with E-state index in [-0.39, 0.29) is 6.04 Å². The number of nitrogens with one attached hydrogen (secondary N) is 1. The molecule has 0 radical (unpaired) electrons. The summed E-state index contributed by atoms with van der Waals surface area (Å²) in [4.78, 5) is 0. The first-order chi connectivity index (χ1) is 9.74. The molecule has 102 valence electrons. The molecule has 0 heterocycles. The lowest BCUT2D eigenvalue weighted by atomic mass is 10.1. The average molecular weight is 266 g/mol. The van der Waals surface area contributed by atoms with Crippen LogP contribution in [-0.4, -0.2) is 13.2 Å². The Morgan fingerprint density at radius 2 is 1.90 bits per heavy atom. The Kier molecular flexibility index (Phi) is 4.62. The molecule has 1 atom stereocenters. The lowest BCUT2D eigenvalue weighted by molar-refractivity contribution is 0.416. The highest BCUT2D eigenvalue weighted by atomic mass is 16.5. The van der Waals surface area contributed by atoms with Gasteiger partial charge in [0, 0.05) is 6.04 Å². The largest absolute Gasteiger partial charge is 0.495 e. The number of hydrogen-bond donors (Lipinski definition) is 1. The third-order valence-corrected chi connectivity index (χ3v) is 3.14. The topological polar surface area (TPSA) is 45.0 Å². The van der Waals surface area contributed by atoms with Crippen molar-refractivity contribution < 1.29 is 4.74 Å². The third kappa shape index (κ3) is 3.30. The summed E-state index contributed by atoms with van der Waals surface area (Å²) in [7, 11) is 1.61. The molecule has 1 N–H and O–H groups in total. The second kappa shape index (κ2) is 6.63. The number of benzene rings is 2. The fourth-order valence-electron chi connectivity index (χ4n) is 2.21. The maximum atomic E-state index is 9.20. The normalized spacial score (nSPS) is 11.4. The molecular formula is C17H18N2O. The van der Waals surface area contributed by atoms with Gasteiger partial charge in [-0.15, -0.1) is 0 Å². The molecule has 3 heteroatoms. The van der Waals surface area contributed by atoms with E-state index in [0.717, 1.165) is 12.1 Å². The zero-order valence-electron chi connectivity index (χ0n) is 11.8. The van der Waals surface area contributed by atoms with E-state index in [1.807, 2.05) is 30.3 Å². The van der Waals surface area contributed by atoms with E-state index in [9.17, 15) is 5.26 Å². The van der Waals surface area contributed by atoms with E-state index >= 15 is 0 Å². The van der Waals surface area contributed by atoms with E-state index in [1.165, 1.54) is 5.56 Å². The fraction of sp³-hybridized carbons (Fsp3) is 0.235. The number of nitrogens with zero attached hydrogens (tertiary/aromatic N) is 1. The van der Waals surface area contributed by atoms with E-state index in [4.69, 9.17) is 4.74 Å². The van der Waals surface area contributed by atoms with Crippen molar-refractivity contribution in [3.63, 3.8) is 0 Å². The van der Waals surface area contributed by atoms with Crippen molar-refractivity contribution in [2.45, 2.75) is 19.4 Å². The first kappa shape index (κ1) is 14.0. The monoisotopic (exact) mass is 266 g/mol. The summed E-state index contributed by atoms with van der Waals surface area (Å²) in [6, 6.07) is 18.2. The summed E-state index contributed by atoms with van der Waals surface area (Å²) in [5.74, 6) is 0.698. The second-order valence-corrected chi connectivity index (χ2v) is 4.73. The van der Waals surface area contributed by atoms with Gasteiger partial charge < -0.3 is 10.1 Å². The standard InChI is InChI=1S/C17H18N2O/c1-13(11-14-7-4-3-5-8-14)19-17-15(12-18)9-6-10-16(17)20-2/h3-10,13,19H,11H2,1-2H3. The molecule has 2 rings (SSSR count). The van der Waals surface area contributed by atoms with Crippen molar-refractivity contribution in [2.75, 3.05) is 12.4 Å². The maximum absolute atomic E-state index is 9.20. The Morgan fingerprint density at radius 3 is 2.55 bits per heavy atom. The molecule has 1 unspecified atom stereocenters. The van der Waals surface area contributed by atoms with Crippen LogP contribution >= 0.6 is 0 Å². The fourth-order valence-corrected chi connectivity index (χ4v) is 2.21. The first-order valence-corrected chi connectivity index (χ1v) is 6.62. The van der Waals surface area contributed by atoms with Crippen LogP contribution in [0.2, 0.25) is 0 Å². The summed E-state index contributed by atoms with van der Waals surface area (Å²) in [6.07, 6.45) is 0.893. The third-order valence-electron chi connectivity index (χ3n) is 3.14. The number of hydrogen-bond acceptors (Lipinski definition) is 3. The Labute approximate surface area is 119 Å². The number of para-hydroxylation sites is 1. The number of nitriles is 1. The molecule has 2 aromatic carbocycles. The van der Waals surface area contributed by atoms with Crippen molar-refractivity contribution in [1.82, 2.24) is 0 Å². The Balaban J connectivity index is 2.15. The van der Waals surface area contributed by atoms with Crippen LogP contribution in [0.4, 0.5) is 5.69 Å². The SMILES string of the molecule is COc1cccc(C#N)c1NC(C)Cc1ccccc1. The van der Waals surface area contributed by atoms with E-state index in [2.05, 4.69) is 30.4 Å². The Bertz CT molecular complexity index is 602. The number of anilines is 1. The molecule has 0 fully saturated rings. The van der Waals surface area contributed by atoms with Crippen LogP contribution in [-0.2, 0) is 6.42 Å². The summed E-state index contributed by atoms with van der Waals surface area (Å²) in [5, 5.41) is 12.6. The van der Waals surface area contributed by atoms with Crippen LogP contribution in [0.15, 0.2) is 48.5 Å². The minimum absolute atomic E-state index is 0.209. The van der Waals surface area contributed by atoms with Crippen molar-refractivity contribution in [1.29, 1.82) is 5.26 Å². The lowest BCUT2D eigenvalue weighted by Crippen LogP contribution is -2.19. The molecule has 0 aliphatic heterocycles. The highest BCUT2D eigenvalue weighted by molar-refractivity contribution is 5.66. The van der Waals surface area contributed by atoms with Gasteiger partial charge in [-0.2, -0.15) is 5.26 Å². The van der Waals surface area contributed by atoms with Crippen LogP contribution in [0.3, 0.4) is 0 Å². The molecule has 0 bridgehead atoms. The predicted octanol–water partition coefficient (Wildman–Crippen LogP) is 3.61. The number of methoxy groups -OCH3 is 1. The minimum atomic E-state index is 0.209. The molecule has 0 saturated heterocycles. The van der Waals surface area contributed by atoms with Gasteiger partial charge in [-0.3, -0.25) is 0 Å². The van der Waals surface area contributed by atoms with Gasteiger partial charge in [0.15, 0.2) is 0 Å². The van der Waals surface area contributed by atoms with Gasteiger partial charge in [0.05, 0.1) is 18.4 Å². The number of rotatable bonds is 5. The summed E-state index contributed by atoms with van der Waals surface area (Å²) in [6.45, 7) is 2.10. The highest BCUT2D eigenvalue weighted by Gasteiger charge is 2.12. The molecule has 0 spiro atoms. The first-order valence-electron chi connectivity index (χ1n) is 6.62. The zero-order chi connectivity index (χ0) is 14.4.